The van der Waals surface area contributed by atoms with Crippen molar-refractivity contribution in [2.75, 3.05) is 0 Å². The zero-order chi connectivity index (χ0) is 12.4. The van der Waals surface area contributed by atoms with Crippen LogP contribution in [0.4, 0.5) is 8.78 Å². The summed E-state index contributed by atoms with van der Waals surface area (Å²) in [5, 5.41) is 0. The third-order valence-corrected chi connectivity index (χ3v) is 3.19. The number of halogens is 3. The van der Waals surface area contributed by atoms with Gasteiger partial charge in [-0.15, -0.1) is 0 Å². The van der Waals surface area contributed by atoms with Gasteiger partial charge >= 0.3 is 0 Å². The Hall–Kier alpha value is -1.22. The smallest absolute Gasteiger partial charge is 0.162 e. The maximum absolute atomic E-state index is 13.6. The van der Waals surface area contributed by atoms with Crippen LogP contribution in [0.5, 0.6) is 0 Å². The molecule has 2 aromatic carbocycles. The molecular weight excluding hydrogens is 286 g/mol. The molecule has 0 spiro atoms. The van der Waals surface area contributed by atoms with Crippen molar-refractivity contribution in [3.8, 4) is 0 Å². The van der Waals surface area contributed by atoms with E-state index in [2.05, 4.69) is 15.9 Å². The molecule has 0 saturated carbocycles. The van der Waals surface area contributed by atoms with E-state index in [1.807, 2.05) is 24.3 Å². The van der Waals surface area contributed by atoms with Gasteiger partial charge in [0.2, 0.25) is 0 Å². The molecule has 0 N–H and O–H groups in total. The van der Waals surface area contributed by atoms with Crippen molar-refractivity contribution in [3.05, 3.63) is 69.2 Å². The van der Waals surface area contributed by atoms with Crippen LogP contribution in [-0.4, -0.2) is 0 Å². The van der Waals surface area contributed by atoms with Crippen LogP contribution in [0.1, 0.15) is 16.7 Å². The molecule has 0 saturated heterocycles. The number of aryl methyl sites for hydroxylation is 1. The summed E-state index contributed by atoms with van der Waals surface area (Å²) in [6, 6.07) is 10.8. The van der Waals surface area contributed by atoms with E-state index in [4.69, 9.17) is 0 Å². The maximum atomic E-state index is 13.6. The van der Waals surface area contributed by atoms with Gasteiger partial charge in [-0.2, -0.15) is 0 Å². The summed E-state index contributed by atoms with van der Waals surface area (Å²) in [4.78, 5) is 0. The second-order valence-electron chi connectivity index (χ2n) is 3.97. The topological polar surface area (TPSA) is 0 Å². The first-order chi connectivity index (χ1) is 8.08. The van der Waals surface area contributed by atoms with Gasteiger partial charge in [0.25, 0.3) is 0 Å². The quantitative estimate of drug-likeness (QED) is 0.758. The standard InChI is InChI=1S/C14H11BrF2/c1-9-2-5-11(14(17)13(9)16)8-10-3-6-12(15)7-4-10/h2-7H,8H2,1H3. The Labute approximate surface area is 107 Å². The molecule has 0 aliphatic rings. The van der Waals surface area contributed by atoms with Crippen molar-refractivity contribution < 1.29 is 8.78 Å². The van der Waals surface area contributed by atoms with Crippen LogP contribution in [0.25, 0.3) is 0 Å². The van der Waals surface area contributed by atoms with Crippen LogP contribution in [0.2, 0.25) is 0 Å². The van der Waals surface area contributed by atoms with Gasteiger partial charge in [0.05, 0.1) is 0 Å². The van der Waals surface area contributed by atoms with Crippen molar-refractivity contribution in [2.45, 2.75) is 13.3 Å². The summed E-state index contributed by atoms with van der Waals surface area (Å²) in [5.41, 5.74) is 1.67. The first-order valence-electron chi connectivity index (χ1n) is 5.26. The molecule has 0 atom stereocenters. The predicted molar refractivity (Wildman–Crippen MR) is 68.0 cm³/mol. The van der Waals surface area contributed by atoms with Gasteiger partial charge in [-0.05, 0) is 35.7 Å². The Bertz CT molecular complexity index is 533. The van der Waals surface area contributed by atoms with Gasteiger partial charge < -0.3 is 0 Å². The molecule has 0 radical (unpaired) electrons. The zero-order valence-corrected chi connectivity index (χ0v) is 10.9. The van der Waals surface area contributed by atoms with Gasteiger partial charge in [0.1, 0.15) is 0 Å². The van der Waals surface area contributed by atoms with E-state index in [1.165, 1.54) is 0 Å². The molecule has 3 heteroatoms. The van der Waals surface area contributed by atoms with Gasteiger partial charge in [-0.1, -0.05) is 40.2 Å². The molecule has 0 aliphatic carbocycles. The molecule has 17 heavy (non-hydrogen) atoms. The Morgan fingerprint density at radius 3 is 2.24 bits per heavy atom. The molecule has 0 unspecified atom stereocenters. The average molecular weight is 297 g/mol. The fourth-order valence-electron chi connectivity index (χ4n) is 1.64. The molecule has 2 rings (SSSR count). The number of benzene rings is 2. The molecule has 88 valence electrons. The molecule has 0 heterocycles. The highest BCUT2D eigenvalue weighted by Crippen LogP contribution is 2.19. The van der Waals surface area contributed by atoms with Crippen LogP contribution in [0.3, 0.4) is 0 Å². The second kappa shape index (κ2) is 4.96. The van der Waals surface area contributed by atoms with Gasteiger partial charge in [-0.25, -0.2) is 8.78 Å². The molecule has 0 aliphatic heterocycles. The number of rotatable bonds is 2. The Morgan fingerprint density at radius 2 is 1.59 bits per heavy atom. The van der Waals surface area contributed by atoms with Gasteiger partial charge in [-0.3, -0.25) is 0 Å². The lowest BCUT2D eigenvalue weighted by molar-refractivity contribution is 0.495. The minimum Gasteiger partial charge on any atom is -0.203 e. The number of hydrogen-bond acceptors (Lipinski definition) is 0. The highest BCUT2D eigenvalue weighted by molar-refractivity contribution is 9.10. The monoisotopic (exact) mass is 296 g/mol. The molecule has 0 aromatic heterocycles. The van der Waals surface area contributed by atoms with Gasteiger partial charge in [0.15, 0.2) is 11.6 Å². The van der Waals surface area contributed by atoms with Gasteiger partial charge in [0, 0.05) is 10.9 Å². The van der Waals surface area contributed by atoms with Crippen LogP contribution in [0.15, 0.2) is 40.9 Å². The van der Waals surface area contributed by atoms with E-state index >= 15 is 0 Å². The third kappa shape index (κ3) is 2.72. The Balaban J connectivity index is 2.30. The van der Waals surface area contributed by atoms with Crippen molar-refractivity contribution in [3.63, 3.8) is 0 Å². The minimum atomic E-state index is -0.750. The van der Waals surface area contributed by atoms with E-state index in [0.29, 0.717) is 17.5 Å². The van der Waals surface area contributed by atoms with Crippen LogP contribution in [0, 0.1) is 18.6 Å². The SMILES string of the molecule is Cc1ccc(Cc2ccc(Br)cc2)c(F)c1F. The minimum absolute atomic E-state index is 0.335. The molecule has 0 fully saturated rings. The molecule has 0 amide bonds. The highest BCUT2D eigenvalue weighted by atomic mass is 79.9. The fourth-order valence-corrected chi connectivity index (χ4v) is 1.91. The largest absolute Gasteiger partial charge is 0.203 e. The lowest BCUT2D eigenvalue weighted by Gasteiger charge is -2.06. The third-order valence-electron chi connectivity index (χ3n) is 2.66. The van der Waals surface area contributed by atoms with E-state index in [-0.39, 0.29) is 0 Å². The first kappa shape index (κ1) is 12.2. The van der Waals surface area contributed by atoms with Crippen molar-refractivity contribution >= 4 is 15.9 Å². The highest BCUT2D eigenvalue weighted by Gasteiger charge is 2.10. The average Bonchev–Trinajstić information content (AvgIpc) is 2.33. The molecular formula is C14H11BrF2. The number of hydrogen-bond donors (Lipinski definition) is 0. The zero-order valence-electron chi connectivity index (χ0n) is 9.31. The van der Waals surface area contributed by atoms with E-state index < -0.39 is 11.6 Å². The summed E-state index contributed by atoms with van der Waals surface area (Å²) in [6.07, 6.45) is 0.399. The summed E-state index contributed by atoms with van der Waals surface area (Å²) >= 11 is 3.33. The second-order valence-corrected chi connectivity index (χ2v) is 4.89. The van der Waals surface area contributed by atoms with Crippen LogP contribution >= 0.6 is 15.9 Å². The molecule has 0 nitrogen and oxygen atoms in total. The van der Waals surface area contributed by atoms with Crippen LogP contribution in [-0.2, 0) is 6.42 Å². The fraction of sp³-hybridized carbons (Fsp3) is 0.143. The summed E-state index contributed by atoms with van der Waals surface area (Å²) < 4.78 is 28.0. The van der Waals surface area contributed by atoms with E-state index in [9.17, 15) is 8.78 Å². The Morgan fingerprint density at radius 1 is 0.941 bits per heavy atom. The lowest BCUT2D eigenvalue weighted by Crippen LogP contribution is -1.98. The summed E-state index contributed by atoms with van der Waals surface area (Å²) in [6.45, 7) is 1.56. The van der Waals surface area contributed by atoms with Crippen molar-refractivity contribution in [1.82, 2.24) is 0 Å². The van der Waals surface area contributed by atoms with E-state index in [1.54, 1.807) is 19.1 Å². The van der Waals surface area contributed by atoms with Crippen LogP contribution < -0.4 is 0 Å². The van der Waals surface area contributed by atoms with E-state index in [0.717, 1.165) is 10.0 Å². The lowest BCUT2D eigenvalue weighted by atomic mass is 10.0. The predicted octanol–water partition coefficient (Wildman–Crippen LogP) is 4.63. The Kier molecular flexibility index (Phi) is 3.57. The maximum Gasteiger partial charge on any atom is 0.162 e. The normalized spacial score (nSPS) is 10.6. The first-order valence-corrected chi connectivity index (χ1v) is 6.05. The summed E-state index contributed by atoms with van der Waals surface area (Å²) in [7, 11) is 0. The summed E-state index contributed by atoms with van der Waals surface area (Å²) in [5.74, 6) is -1.49. The van der Waals surface area contributed by atoms with Crippen molar-refractivity contribution in [1.29, 1.82) is 0 Å². The molecule has 2 aromatic rings. The molecule has 0 bridgehead atoms. The van der Waals surface area contributed by atoms with Crippen molar-refractivity contribution in [2.24, 2.45) is 0 Å².